The van der Waals surface area contributed by atoms with E-state index in [1.807, 2.05) is 15.9 Å². The molecule has 140 valence electrons. The topological polar surface area (TPSA) is 92.0 Å². The smallest absolute Gasteiger partial charge is 0.320 e. The number of nitro groups is 1. The Morgan fingerprint density at radius 2 is 2.23 bits per heavy atom. The summed E-state index contributed by atoms with van der Waals surface area (Å²) in [4.78, 5) is 32.7. The maximum atomic E-state index is 11.7. The number of fused-ring (bicyclic) bond motifs is 1. The van der Waals surface area contributed by atoms with Crippen LogP contribution in [0.1, 0.15) is 12.5 Å². The maximum Gasteiger partial charge on any atom is 0.320 e. The average molecular weight is 382 g/mol. The van der Waals surface area contributed by atoms with Crippen molar-refractivity contribution in [3.05, 3.63) is 50.7 Å². The van der Waals surface area contributed by atoms with Crippen molar-refractivity contribution >= 4 is 17.6 Å². The third-order valence-corrected chi connectivity index (χ3v) is 4.51. The molecule has 0 aliphatic carbocycles. The summed E-state index contributed by atoms with van der Waals surface area (Å²) in [6, 6.07) is 3.57. The van der Waals surface area contributed by atoms with Crippen molar-refractivity contribution in [2.45, 2.75) is 13.5 Å². The van der Waals surface area contributed by atoms with Gasteiger partial charge >= 0.3 is 5.97 Å². The van der Waals surface area contributed by atoms with Crippen molar-refractivity contribution < 1.29 is 14.5 Å². The van der Waals surface area contributed by atoms with Crippen LogP contribution in [0.25, 0.3) is 0 Å². The van der Waals surface area contributed by atoms with Gasteiger partial charge in [0.1, 0.15) is 5.15 Å². The van der Waals surface area contributed by atoms with E-state index in [0.717, 1.165) is 5.56 Å². The number of ether oxygens (including phenoxy) is 1. The second-order valence-electron chi connectivity index (χ2n) is 6.14. The molecule has 2 aliphatic rings. The van der Waals surface area contributed by atoms with Crippen LogP contribution in [0.5, 0.6) is 0 Å². The molecular formula is C16H20ClN5O4. The Labute approximate surface area is 155 Å². The molecule has 0 unspecified atom stereocenters. The molecule has 1 aromatic heterocycles. The van der Waals surface area contributed by atoms with E-state index in [4.69, 9.17) is 16.3 Å². The van der Waals surface area contributed by atoms with E-state index >= 15 is 0 Å². The normalized spacial score (nSPS) is 17.5. The van der Waals surface area contributed by atoms with E-state index in [-0.39, 0.29) is 29.7 Å². The molecule has 0 aromatic carbocycles. The predicted molar refractivity (Wildman–Crippen MR) is 93.5 cm³/mol. The number of pyridine rings is 1. The minimum absolute atomic E-state index is 0.0378. The first-order chi connectivity index (χ1) is 12.5. The summed E-state index contributed by atoms with van der Waals surface area (Å²) in [6.45, 7) is 4.48. The molecule has 3 heterocycles. The fourth-order valence-electron chi connectivity index (χ4n) is 3.24. The van der Waals surface area contributed by atoms with E-state index in [9.17, 15) is 14.9 Å². The minimum atomic E-state index is -0.373. The van der Waals surface area contributed by atoms with Gasteiger partial charge in [-0.3, -0.25) is 19.8 Å². The molecule has 3 rings (SSSR count). The Kier molecular flexibility index (Phi) is 5.58. The van der Waals surface area contributed by atoms with E-state index in [1.54, 1.807) is 24.1 Å². The van der Waals surface area contributed by atoms with Gasteiger partial charge in [-0.05, 0) is 18.6 Å². The molecule has 0 spiro atoms. The molecule has 9 nitrogen and oxygen atoms in total. The van der Waals surface area contributed by atoms with E-state index in [2.05, 4.69) is 4.98 Å². The molecule has 10 heteroatoms. The fraction of sp³-hybridized carbons (Fsp3) is 0.500. The third-order valence-electron chi connectivity index (χ3n) is 4.28. The molecular weight excluding hydrogens is 362 g/mol. The van der Waals surface area contributed by atoms with Crippen LogP contribution in [0.4, 0.5) is 0 Å². The molecule has 0 N–H and O–H groups in total. The summed E-state index contributed by atoms with van der Waals surface area (Å²) in [6.07, 6.45) is 1.67. The van der Waals surface area contributed by atoms with Gasteiger partial charge in [-0.2, -0.15) is 0 Å². The summed E-state index contributed by atoms with van der Waals surface area (Å²) in [5, 5.41) is 12.0. The second-order valence-corrected chi connectivity index (χ2v) is 6.52. The van der Waals surface area contributed by atoms with Gasteiger partial charge in [0.05, 0.1) is 31.3 Å². The Morgan fingerprint density at radius 3 is 2.88 bits per heavy atom. The number of nitrogens with zero attached hydrogens (tertiary/aromatic N) is 5. The van der Waals surface area contributed by atoms with Crippen molar-refractivity contribution in [2.75, 3.05) is 39.5 Å². The van der Waals surface area contributed by atoms with Crippen LogP contribution in [0.2, 0.25) is 5.15 Å². The van der Waals surface area contributed by atoms with E-state index in [1.165, 1.54) is 0 Å². The second kappa shape index (κ2) is 7.88. The van der Waals surface area contributed by atoms with Crippen LogP contribution in [0, 0.1) is 10.1 Å². The Morgan fingerprint density at radius 1 is 1.42 bits per heavy atom. The van der Waals surface area contributed by atoms with Crippen molar-refractivity contribution in [1.82, 2.24) is 19.7 Å². The lowest BCUT2D eigenvalue weighted by Crippen LogP contribution is -2.47. The molecule has 1 aromatic rings. The van der Waals surface area contributed by atoms with Gasteiger partial charge in [-0.25, -0.2) is 4.98 Å². The van der Waals surface area contributed by atoms with Crippen LogP contribution in [-0.4, -0.2) is 70.0 Å². The quantitative estimate of drug-likeness (QED) is 0.313. The van der Waals surface area contributed by atoms with Gasteiger partial charge in [-0.15, -0.1) is 0 Å². The molecule has 0 bridgehead atoms. The lowest BCUT2D eigenvalue weighted by Gasteiger charge is -2.34. The molecule has 1 fully saturated rings. The fourth-order valence-corrected chi connectivity index (χ4v) is 3.35. The molecule has 0 radical (unpaired) electrons. The number of halogens is 1. The first-order valence-corrected chi connectivity index (χ1v) is 8.71. The van der Waals surface area contributed by atoms with E-state index in [0.29, 0.717) is 43.9 Å². The molecule has 2 aliphatic heterocycles. The zero-order valence-corrected chi connectivity index (χ0v) is 15.2. The highest BCUT2D eigenvalue weighted by atomic mass is 35.5. The van der Waals surface area contributed by atoms with Crippen molar-refractivity contribution in [3.63, 3.8) is 0 Å². The molecule has 26 heavy (non-hydrogen) atoms. The third kappa shape index (κ3) is 4.05. The Balaban J connectivity index is 1.78. The number of hydrogen-bond donors (Lipinski definition) is 0. The highest BCUT2D eigenvalue weighted by Gasteiger charge is 2.39. The van der Waals surface area contributed by atoms with Gasteiger partial charge in [0, 0.05) is 25.8 Å². The van der Waals surface area contributed by atoms with Gasteiger partial charge in [0.2, 0.25) is 0 Å². The SMILES string of the molecule is CCOC(=O)CN1CC([N+](=O)[O-])=C2N(Cc3ccc(Cl)nc3)CCN2C1. The number of hydrogen-bond acceptors (Lipinski definition) is 8. The number of esters is 1. The van der Waals surface area contributed by atoms with Gasteiger partial charge in [0.15, 0.2) is 5.82 Å². The molecule has 0 amide bonds. The van der Waals surface area contributed by atoms with Crippen molar-refractivity contribution in [2.24, 2.45) is 0 Å². The largest absolute Gasteiger partial charge is 0.465 e. The standard InChI is InChI=1S/C16H20ClN5O4/c1-2-26-15(23)10-19-9-13(22(24)25)16-20(5-6-21(16)11-19)8-12-3-4-14(17)18-7-12/h3-4,7H,2,5-6,8-11H2,1H3. The summed E-state index contributed by atoms with van der Waals surface area (Å²) in [7, 11) is 0. The number of carbonyl (C=O) groups excluding carboxylic acids is 1. The van der Waals surface area contributed by atoms with Crippen molar-refractivity contribution in [3.8, 4) is 0 Å². The summed E-state index contributed by atoms with van der Waals surface area (Å²) < 4.78 is 4.95. The zero-order valence-electron chi connectivity index (χ0n) is 14.4. The van der Waals surface area contributed by atoms with Crippen LogP contribution in [-0.2, 0) is 16.1 Å². The monoisotopic (exact) mass is 381 g/mol. The highest BCUT2D eigenvalue weighted by Crippen LogP contribution is 2.28. The molecule has 1 saturated heterocycles. The lowest BCUT2D eigenvalue weighted by molar-refractivity contribution is -0.433. The number of aromatic nitrogens is 1. The van der Waals surface area contributed by atoms with Crippen LogP contribution < -0.4 is 0 Å². The van der Waals surface area contributed by atoms with E-state index < -0.39 is 0 Å². The Hall–Kier alpha value is -2.39. The predicted octanol–water partition coefficient (Wildman–Crippen LogP) is 1.13. The average Bonchev–Trinajstić information content (AvgIpc) is 2.99. The van der Waals surface area contributed by atoms with Crippen molar-refractivity contribution in [1.29, 1.82) is 0 Å². The molecule has 0 saturated carbocycles. The van der Waals surface area contributed by atoms with Crippen LogP contribution in [0.3, 0.4) is 0 Å². The zero-order chi connectivity index (χ0) is 18.7. The number of carbonyl (C=O) groups is 1. The first kappa shape index (κ1) is 18.4. The minimum Gasteiger partial charge on any atom is -0.465 e. The molecule has 0 atom stereocenters. The Bertz CT molecular complexity index is 724. The van der Waals surface area contributed by atoms with Gasteiger partial charge in [0.25, 0.3) is 5.70 Å². The highest BCUT2D eigenvalue weighted by molar-refractivity contribution is 6.29. The first-order valence-electron chi connectivity index (χ1n) is 8.33. The van der Waals surface area contributed by atoms with Gasteiger partial charge in [-0.1, -0.05) is 17.7 Å². The summed E-state index contributed by atoms with van der Waals surface area (Å²) >= 11 is 5.81. The van der Waals surface area contributed by atoms with Crippen LogP contribution >= 0.6 is 11.6 Å². The van der Waals surface area contributed by atoms with Crippen LogP contribution in [0.15, 0.2) is 29.8 Å². The number of rotatable bonds is 6. The maximum absolute atomic E-state index is 11.7. The summed E-state index contributed by atoms with van der Waals surface area (Å²) in [5.74, 6) is 0.243. The van der Waals surface area contributed by atoms with Gasteiger partial charge < -0.3 is 14.5 Å². The lowest BCUT2D eigenvalue weighted by atomic mass is 10.2. The summed E-state index contributed by atoms with van der Waals surface area (Å²) in [5.41, 5.74) is 1.03.